The summed E-state index contributed by atoms with van der Waals surface area (Å²) in [7, 11) is 0. The van der Waals surface area contributed by atoms with E-state index < -0.39 is 5.97 Å². The van der Waals surface area contributed by atoms with E-state index in [0.29, 0.717) is 0 Å². The molecule has 0 aliphatic carbocycles. The summed E-state index contributed by atoms with van der Waals surface area (Å²) >= 11 is 0. The SMILES string of the molecule is CCCCCCCC/C=C\CCCCCCCCCCCCCC(=O)[O-].[K+]. The van der Waals surface area contributed by atoms with E-state index in [1.165, 1.54) is 109 Å². The van der Waals surface area contributed by atoms with Crippen molar-refractivity contribution in [2.45, 2.75) is 135 Å². The minimum absolute atomic E-state index is 0. The molecular formula is C24H45KO2. The van der Waals surface area contributed by atoms with Gasteiger partial charge in [-0.15, -0.1) is 0 Å². The summed E-state index contributed by atoms with van der Waals surface area (Å²) in [6.45, 7) is 2.27. The average molecular weight is 405 g/mol. The minimum Gasteiger partial charge on any atom is -0.550 e. The van der Waals surface area contributed by atoms with Crippen LogP contribution in [-0.4, -0.2) is 5.97 Å². The van der Waals surface area contributed by atoms with Crippen molar-refractivity contribution in [2.75, 3.05) is 0 Å². The number of carbonyl (C=O) groups is 1. The molecule has 0 unspecified atom stereocenters. The molecule has 0 aromatic carbocycles. The fraction of sp³-hybridized carbons (Fsp3) is 0.875. The largest absolute Gasteiger partial charge is 1.00 e. The second-order valence-electron chi connectivity index (χ2n) is 7.83. The number of hydrogen-bond donors (Lipinski definition) is 0. The first-order valence-electron chi connectivity index (χ1n) is 11.6. The summed E-state index contributed by atoms with van der Waals surface area (Å²) in [5.41, 5.74) is 0. The quantitative estimate of drug-likeness (QED) is 0.164. The standard InChI is InChI=1S/C24H46O2.K/c1-2-3-4-5-6-7-8-9-10-11-12-13-14-15-16-17-18-19-20-21-22-23-24(25)26;/h9-10H,2-8,11-23H2,1H3,(H,25,26);/q;+1/p-1/b10-9-;. The van der Waals surface area contributed by atoms with Gasteiger partial charge in [-0.3, -0.25) is 0 Å². The van der Waals surface area contributed by atoms with Crippen molar-refractivity contribution < 1.29 is 61.3 Å². The summed E-state index contributed by atoms with van der Waals surface area (Å²) in [6.07, 6.45) is 29.7. The van der Waals surface area contributed by atoms with Crippen LogP contribution < -0.4 is 56.5 Å². The fourth-order valence-corrected chi connectivity index (χ4v) is 3.40. The van der Waals surface area contributed by atoms with E-state index in [1.807, 2.05) is 0 Å². The smallest absolute Gasteiger partial charge is 0.550 e. The molecule has 0 aromatic rings. The van der Waals surface area contributed by atoms with Crippen LogP contribution in [0.5, 0.6) is 0 Å². The van der Waals surface area contributed by atoms with Gasteiger partial charge in [0.15, 0.2) is 0 Å². The third-order valence-electron chi connectivity index (χ3n) is 5.14. The second-order valence-corrected chi connectivity index (χ2v) is 7.83. The molecule has 0 aromatic heterocycles. The third kappa shape index (κ3) is 29.1. The number of allylic oxidation sites excluding steroid dienone is 2. The van der Waals surface area contributed by atoms with Crippen molar-refractivity contribution in [1.29, 1.82) is 0 Å². The maximum Gasteiger partial charge on any atom is 1.00 e. The van der Waals surface area contributed by atoms with Crippen molar-refractivity contribution in [3.05, 3.63) is 12.2 Å². The molecule has 0 amide bonds. The van der Waals surface area contributed by atoms with Crippen molar-refractivity contribution in [3.8, 4) is 0 Å². The molecule has 27 heavy (non-hydrogen) atoms. The topological polar surface area (TPSA) is 40.1 Å². The van der Waals surface area contributed by atoms with Gasteiger partial charge in [-0.05, 0) is 38.5 Å². The zero-order valence-electron chi connectivity index (χ0n) is 18.6. The Labute approximate surface area is 212 Å². The molecule has 0 aliphatic heterocycles. The van der Waals surface area contributed by atoms with E-state index >= 15 is 0 Å². The predicted octanol–water partition coefficient (Wildman–Crippen LogP) is 4.12. The normalized spacial score (nSPS) is 11.0. The zero-order valence-corrected chi connectivity index (χ0v) is 21.7. The average Bonchev–Trinajstić information content (AvgIpc) is 2.62. The van der Waals surface area contributed by atoms with Crippen LogP contribution in [0.15, 0.2) is 12.2 Å². The van der Waals surface area contributed by atoms with Crippen LogP contribution in [0.25, 0.3) is 0 Å². The van der Waals surface area contributed by atoms with Crippen LogP contribution in [0.4, 0.5) is 0 Å². The summed E-state index contributed by atoms with van der Waals surface area (Å²) in [5.74, 6) is -0.904. The number of unbranched alkanes of at least 4 members (excludes halogenated alkanes) is 17. The van der Waals surface area contributed by atoms with Crippen LogP contribution in [0.1, 0.15) is 135 Å². The van der Waals surface area contributed by atoms with E-state index in [0.717, 1.165) is 12.8 Å². The first-order chi connectivity index (χ1) is 12.8. The fourth-order valence-electron chi connectivity index (χ4n) is 3.40. The van der Waals surface area contributed by atoms with Crippen LogP contribution in [-0.2, 0) is 4.79 Å². The van der Waals surface area contributed by atoms with E-state index in [1.54, 1.807) is 0 Å². The van der Waals surface area contributed by atoms with Gasteiger partial charge in [-0.2, -0.15) is 0 Å². The molecule has 0 N–H and O–H groups in total. The molecule has 0 rings (SSSR count). The van der Waals surface area contributed by atoms with Crippen LogP contribution in [0.3, 0.4) is 0 Å². The Morgan fingerprint density at radius 3 is 1.30 bits per heavy atom. The number of carboxylic acids is 1. The van der Waals surface area contributed by atoms with Gasteiger partial charge in [0.25, 0.3) is 0 Å². The van der Waals surface area contributed by atoms with Crippen molar-refractivity contribution in [3.63, 3.8) is 0 Å². The zero-order chi connectivity index (χ0) is 19.1. The van der Waals surface area contributed by atoms with Gasteiger partial charge >= 0.3 is 51.4 Å². The molecule has 0 atom stereocenters. The number of carbonyl (C=O) groups excluding carboxylic acids is 1. The van der Waals surface area contributed by atoms with Gasteiger partial charge < -0.3 is 9.90 Å². The maximum absolute atomic E-state index is 10.3. The van der Waals surface area contributed by atoms with E-state index in [-0.39, 0.29) is 57.8 Å². The summed E-state index contributed by atoms with van der Waals surface area (Å²) in [6, 6.07) is 0. The Balaban J connectivity index is 0. The van der Waals surface area contributed by atoms with E-state index in [4.69, 9.17) is 0 Å². The van der Waals surface area contributed by atoms with Crippen LogP contribution in [0.2, 0.25) is 0 Å². The Kier molecular flexibility index (Phi) is 29.9. The number of hydrogen-bond acceptors (Lipinski definition) is 2. The maximum atomic E-state index is 10.3. The Bertz CT molecular complexity index is 316. The Morgan fingerprint density at radius 1 is 0.593 bits per heavy atom. The van der Waals surface area contributed by atoms with Crippen LogP contribution >= 0.6 is 0 Å². The van der Waals surface area contributed by atoms with E-state index in [2.05, 4.69) is 19.1 Å². The van der Waals surface area contributed by atoms with Gasteiger partial charge in [-0.1, -0.05) is 109 Å². The first kappa shape index (κ1) is 30.0. The number of rotatable bonds is 21. The summed E-state index contributed by atoms with van der Waals surface area (Å²) in [4.78, 5) is 10.3. The molecule has 0 fully saturated rings. The molecular weight excluding hydrogens is 359 g/mol. The Hall–Kier alpha value is 0.846. The molecule has 2 nitrogen and oxygen atoms in total. The van der Waals surface area contributed by atoms with E-state index in [9.17, 15) is 9.90 Å². The van der Waals surface area contributed by atoms with Gasteiger partial charge in [0, 0.05) is 5.97 Å². The molecule has 0 heterocycles. The monoisotopic (exact) mass is 404 g/mol. The molecule has 0 bridgehead atoms. The molecule has 0 saturated heterocycles. The number of carboxylic acid groups (broad SMARTS) is 1. The van der Waals surface area contributed by atoms with Gasteiger partial charge in [-0.25, -0.2) is 0 Å². The summed E-state index contributed by atoms with van der Waals surface area (Å²) in [5, 5.41) is 10.3. The molecule has 0 saturated carbocycles. The first-order valence-corrected chi connectivity index (χ1v) is 11.6. The summed E-state index contributed by atoms with van der Waals surface area (Å²) < 4.78 is 0. The molecule has 0 aliphatic rings. The Morgan fingerprint density at radius 2 is 0.926 bits per heavy atom. The van der Waals surface area contributed by atoms with Crippen LogP contribution in [0, 0.1) is 0 Å². The molecule has 154 valence electrons. The van der Waals surface area contributed by atoms with Crippen molar-refractivity contribution >= 4 is 5.97 Å². The van der Waals surface area contributed by atoms with Gasteiger partial charge in [0.2, 0.25) is 0 Å². The predicted molar refractivity (Wildman–Crippen MR) is 112 cm³/mol. The van der Waals surface area contributed by atoms with Crippen molar-refractivity contribution in [1.82, 2.24) is 0 Å². The molecule has 3 heteroatoms. The second kappa shape index (κ2) is 26.8. The molecule has 0 radical (unpaired) electrons. The number of aliphatic carboxylic acids is 1. The van der Waals surface area contributed by atoms with Gasteiger partial charge in [0.1, 0.15) is 0 Å². The molecule has 0 spiro atoms. The third-order valence-corrected chi connectivity index (χ3v) is 5.14. The van der Waals surface area contributed by atoms with Gasteiger partial charge in [0.05, 0.1) is 0 Å². The van der Waals surface area contributed by atoms with Crippen molar-refractivity contribution in [2.24, 2.45) is 0 Å². The minimum atomic E-state index is -0.904.